The number of carbonyl (C=O) groups excluding carboxylic acids is 2. The minimum Gasteiger partial charge on any atom is -0.390 e. The monoisotopic (exact) mass is 1370 g/mol. The van der Waals surface area contributed by atoms with Gasteiger partial charge in [0.25, 0.3) is 0 Å². The summed E-state index contributed by atoms with van der Waals surface area (Å²) in [4.78, 5) is 29.7. The van der Waals surface area contributed by atoms with Gasteiger partial charge in [0.1, 0.15) is 9.84 Å². The van der Waals surface area contributed by atoms with Crippen LogP contribution in [0.4, 0.5) is 0 Å². The molecule has 0 aromatic carbocycles. The zero-order chi connectivity index (χ0) is 62.8. The fraction of sp³-hybridized carbons (Fsp3) is 0.973. The zero-order valence-electron chi connectivity index (χ0n) is 56.4. The van der Waals surface area contributed by atoms with Crippen LogP contribution in [0.15, 0.2) is 0 Å². The maximum Gasteiger partial charge on any atom is 0.223 e. The van der Waals surface area contributed by atoms with Gasteiger partial charge < -0.3 is 48.4 Å². The molecule has 2 amide bonds. The highest BCUT2D eigenvalue weighted by Gasteiger charge is 2.87. The maximum absolute atomic E-state index is 12.9. The molecule has 16 fully saturated rings. The van der Waals surface area contributed by atoms with E-state index in [4.69, 9.17) is 28.4 Å². The lowest BCUT2D eigenvalue weighted by atomic mass is 9.41. The number of amides is 2. The van der Waals surface area contributed by atoms with Crippen molar-refractivity contribution in [2.45, 2.75) is 272 Å². The SMILES string of the molecule is C[C@@H]1C[C@H](CI)O[C@H]2[C@H]1[C@@]1(C)CCC34C[C@@]35CC[C@H](O[C@H]3CN(C(=O)CC6CC6)CCO3)C(C)(C)[C@@H]5CC[C@H]4[C@]1(C)[C@H]2O.C[C@@H]1C[C@H](CS(C)(=O)=O)O[C@H]2[C@H]1[C@@]1(C)CCC34C[C@@]35CC[C@H](O[C@H]3CN(C(=O)CC6CC6)CCO3)C(C)(C)[C@@H]5CC[C@H]4[C@]1(C)[C@H]2O. The number of carbonyl (C=O) groups is 2. The Balaban J connectivity index is 0.000000149. The average Bonchev–Trinajstić information content (AvgIpc) is 1.47. The van der Waals surface area contributed by atoms with Crippen LogP contribution in [-0.2, 0) is 47.8 Å². The van der Waals surface area contributed by atoms with E-state index in [-0.39, 0.29) is 117 Å². The van der Waals surface area contributed by atoms with Crippen LogP contribution in [0.25, 0.3) is 0 Å². The van der Waals surface area contributed by atoms with E-state index < -0.39 is 15.9 Å². The average molecular weight is 1370 g/mol. The lowest BCUT2D eigenvalue weighted by molar-refractivity contribution is -0.248. The van der Waals surface area contributed by atoms with Gasteiger partial charge in [-0.15, -0.1) is 0 Å². The molecule has 12 saturated carbocycles. The number of aliphatic hydroxyl groups excluding tert-OH is 2. The van der Waals surface area contributed by atoms with E-state index in [2.05, 4.69) is 91.8 Å². The molecule has 4 spiro atoms. The van der Waals surface area contributed by atoms with E-state index >= 15 is 0 Å². The Labute approximate surface area is 548 Å². The molecule has 0 radical (unpaired) electrons. The molecule has 2 unspecified atom stereocenters. The van der Waals surface area contributed by atoms with Gasteiger partial charge >= 0.3 is 0 Å². The summed E-state index contributed by atoms with van der Waals surface area (Å²) in [5, 5.41) is 24.6. The Morgan fingerprint density at radius 3 is 1.35 bits per heavy atom. The fourth-order valence-corrected chi connectivity index (χ4v) is 28.9. The zero-order valence-corrected chi connectivity index (χ0v) is 59.4. The van der Waals surface area contributed by atoms with Gasteiger partial charge in [-0.05, 0) is 231 Å². The Bertz CT molecular complexity index is 2890. The molecule has 0 aromatic heterocycles. The van der Waals surface area contributed by atoms with Gasteiger partial charge in [0.2, 0.25) is 11.8 Å². The topological polar surface area (TPSA) is 171 Å². The number of aliphatic hydroxyl groups is 2. The number of nitrogens with zero attached hydrogens (tertiary/aromatic N) is 2. The molecule has 89 heavy (non-hydrogen) atoms. The number of hydrogen-bond donors (Lipinski definition) is 2. The van der Waals surface area contributed by atoms with E-state index in [1.54, 1.807) is 0 Å². The van der Waals surface area contributed by atoms with Gasteiger partial charge in [-0.1, -0.05) is 91.8 Å². The normalized spacial score (nSPS) is 53.7. The van der Waals surface area contributed by atoms with Gasteiger partial charge in [-0.3, -0.25) is 9.59 Å². The van der Waals surface area contributed by atoms with E-state index in [1.807, 2.05) is 9.80 Å². The van der Waals surface area contributed by atoms with Gasteiger partial charge in [0.15, 0.2) is 12.6 Å². The van der Waals surface area contributed by atoms with Crippen molar-refractivity contribution in [2.75, 3.05) is 55.8 Å². The number of ether oxygens (including phenoxy) is 6. The molecule has 12 aliphatic carbocycles. The second kappa shape index (κ2) is 21.6. The number of sulfone groups is 1. The molecule has 16 heteroatoms. The van der Waals surface area contributed by atoms with Crippen molar-refractivity contribution >= 4 is 44.2 Å². The highest BCUT2D eigenvalue weighted by atomic mass is 127. The van der Waals surface area contributed by atoms with Gasteiger partial charge in [0.05, 0.1) is 80.9 Å². The Morgan fingerprint density at radius 1 is 0.551 bits per heavy atom. The number of hydrogen-bond acceptors (Lipinski definition) is 12. The minimum absolute atomic E-state index is 0.00317. The number of alkyl halides is 1. The molecular weight excluding hydrogens is 1260 g/mol. The molecule has 502 valence electrons. The van der Waals surface area contributed by atoms with Crippen LogP contribution >= 0.6 is 22.6 Å². The highest BCUT2D eigenvalue weighted by molar-refractivity contribution is 14.1. The molecule has 26 atom stereocenters. The second-order valence-electron chi connectivity index (χ2n) is 36.3. The van der Waals surface area contributed by atoms with Crippen molar-refractivity contribution in [1.82, 2.24) is 9.80 Å². The van der Waals surface area contributed by atoms with Crippen LogP contribution in [-0.4, -0.2) is 157 Å². The summed E-state index contributed by atoms with van der Waals surface area (Å²) in [5.41, 5.74) is 1.11. The quantitative estimate of drug-likeness (QED) is 0.148. The molecule has 16 rings (SSSR count). The molecule has 16 aliphatic rings. The third-order valence-corrected chi connectivity index (χ3v) is 34.0. The van der Waals surface area contributed by atoms with Crippen molar-refractivity contribution in [3.8, 4) is 0 Å². The van der Waals surface area contributed by atoms with Crippen molar-refractivity contribution in [1.29, 1.82) is 0 Å². The summed E-state index contributed by atoms with van der Waals surface area (Å²) in [5.74, 6) is 5.65. The summed E-state index contributed by atoms with van der Waals surface area (Å²) in [6.07, 6.45) is 24.4. The predicted molar refractivity (Wildman–Crippen MR) is 348 cm³/mol. The third kappa shape index (κ3) is 9.37. The largest absolute Gasteiger partial charge is 0.390 e. The van der Waals surface area contributed by atoms with Gasteiger partial charge in [0, 0.05) is 47.4 Å². The fourth-order valence-electron chi connectivity index (χ4n) is 27.4. The summed E-state index contributed by atoms with van der Waals surface area (Å²) < 4.78 is 64.7. The van der Waals surface area contributed by atoms with E-state index in [9.17, 15) is 28.2 Å². The van der Waals surface area contributed by atoms with Crippen molar-refractivity contribution in [3.05, 3.63) is 0 Å². The molecule has 14 nitrogen and oxygen atoms in total. The number of halogens is 1. The molecule has 4 heterocycles. The van der Waals surface area contributed by atoms with Crippen molar-refractivity contribution in [2.24, 2.45) is 113 Å². The van der Waals surface area contributed by atoms with Gasteiger partial charge in [-0.2, -0.15) is 0 Å². The summed E-state index contributed by atoms with van der Waals surface area (Å²) in [7, 11) is -3.16. The first-order chi connectivity index (χ1) is 42.0. The third-order valence-electron chi connectivity index (χ3n) is 32.0. The maximum atomic E-state index is 12.9. The first-order valence-corrected chi connectivity index (χ1v) is 40.1. The minimum atomic E-state index is -3.16. The lowest BCUT2D eigenvalue weighted by Gasteiger charge is -2.64. The second-order valence-corrected chi connectivity index (χ2v) is 39.4. The van der Waals surface area contributed by atoms with Crippen LogP contribution in [0.2, 0.25) is 0 Å². The molecule has 4 aliphatic heterocycles. The number of rotatable bonds is 11. The standard InChI is InChI=1S/C37H59NO7S.C36H56INO5/c1-22-17-24(20-46(6,41)42)44-31-30(22)34(4)13-14-37-21-36(37)12-11-27(33(2,3)25(36)9-10-26(37)35(34,5)32(31)40)45-29-19-38(15-16-43-29)28(39)18-23-7-8-23;1-21-16-23(18-37)42-30-29(21)33(4)12-13-36-20-35(36)11-10-26(32(2,3)24(35)8-9-25(36)34(33,5)31(30)40)43-28-19-38(14-15-41-28)27(39)17-22-6-7-22/h22-27,29-32,40H,7-21H2,1-6H3;21-26,28-31,40H,6-20H2,1-5H3/t22-,24-,25+,26+,27+,29+,30+,31+,32+,34-,35-,36-,37?;21-,23-,24+,25+,26+,28+,29+,30+,31+,33-,34-,35-,36?/m11/s1. The van der Waals surface area contributed by atoms with Crippen LogP contribution in [0.3, 0.4) is 0 Å². The molecule has 4 saturated heterocycles. The molecule has 0 aromatic rings. The molecule has 0 bridgehead atoms. The number of fused-ring (bicyclic) bond motifs is 8. The van der Waals surface area contributed by atoms with Crippen LogP contribution in [0, 0.1) is 113 Å². The first kappa shape index (κ1) is 64.3. The predicted octanol–water partition coefficient (Wildman–Crippen LogP) is 11.8. The molecule has 2 N–H and O–H groups in total. The Kier molecular flexibility index (Phi) is 15.6. The van der Waals surface area contributed by atoms with E-state index in [0.717, 1.165) is 49.4 Å². The summed E-state index contributed by atoms with van der Waals surface area (Å²) in [6, 6.07) is 0. The van der Waals surface area contributed by atoms with Crippen LogP contribution in [0.5, 0.6) is 0 Å². The number of morpholine rings is 2. The van der Waals surface area contributed by atoms with Crippen LogP contribution < -0.4 is 0 Å². The molecular formula is C73H115IN2O12S. The highest BCUT2D eigenvalue weighted by Crippen LogP contribution is 2.91. The van der Waals surface area contributed by atoms with E-state index in [0.29, 0.717) is 122 Å². The van der Waals surface area contributed by atoms with E-state index in [1.165, 1.54) is 89.7 Å². The summed E-state index contributed by atoms with van der Waals surface area (Å²) in [6.45, 7) is 28.0. The lowest BCUT2D eigenvalue weighted by Crippen LogP contribution is -2.60. The first-order valence-electron chi connectivity index (χ1n) is 36.5. The smallest absolute Gasteiger partial charge is 0.223 e. The Hall–Kier alpha value is -0.700. The van der Waals surface area contributed by atoms with Gasteiger partial charge in [-0.25, -0.2) is 8.42 Å². The Morgan fingerprint density at radius 2 is 0.944 bits per heavy atom. The van der Waals surface area contributed by atoms with Crippen molar-refractivity contribution in [3.63, 3.8) is 0 Å². The summed E-state index contributed by atoms with van der Waals surface area (Å²) >= 11 is 2.47. The van der Waals surface area contributed by atoms with Crippen molar-refractivity contribution < 1.29 is 56.6 Å². The van der Waals surface area contributed by atoms with Crippen LogP contribution in [0.1, 0.15) is 210 Å².